The van der Waals surface area contributed by atoms with Crippen LogP contribution in [0.1, 0.15) is 34.1 Å². The number of nitrogens with zero attached hydrogens (tertiary/aromatic N) is 2. The molecule has 1 atom stereocenters. The number of amides is 1. The summed E-state index contributed by atoms with van der Waals surface area (Å²) in [6.07, 6.45) is 0.685. The summed E-state index contributed by atoms with van der Waals surface area (Å²) < 4.78 is 26.1. The van der Waals surface area contributed by atoms with E-state index in [1.54, 1.807) is 35.2 Å². The lowest BCUT2D eigenvalue weighted by Gasteiger charge is -2.29. The van der Waals surface area contributed by atoms with Crippen LogP contribution in [-0.2, 0) is 4.74 Å². The van der Waals surface area contributed by atoms with Crippen LogP contribution in [0.3, 0.4) is 0 Å². The summed E-state index contributed by atoms with van der Waals surface area (Å²) >= 11 is 6.09. The standard InChI is InChI=1S/C24H22ClFN2O4/c25-15-6-7-19-17(14-15)22(29)20-21(16-4-1-2-5-18(16)26)28(24(30)23(20)32-19)9-3-8-27-10-12-31-13-11-27/h1-2,4-7,14,21H,3,8-13H2/t21-/m0/s1. The van der Waals surface area contributed by atoms with Crippen molar-refractivity contribution in [2.75, 3.05) is 39.4 Å². The van der Waals surface area contributed by atoms with Crippen LogP contribution in [0, 0.1) is 5.82 Å². The third-order valence-corrected chi connectivity index (χ3v) is 6.34. The lowest BCUT2D eigenvalue weighted by Crippen LogP contribution is -2.39. The lowest BCUT2D eigenvalue weighted by atomic mass is 9.98. The van der Waals surface area contributed by atoms with Gasteiger partial charge in [0.2, 0.25) is 5.76 Å². The molecule has 8 heteroatoms. The topological polar surface area (TPSA) is 63.0 Å². The molecule has 0 bridgehead atoms. The molecule has 0 spiro atoms. The fourth-order valence-corrected chi connectivity index (χ4v) is 4.70. The van der Waals surface area contributed by atoms with Crippen LogP contribution >= 0.6 is 11.6 Å². The molecule has 2 aliphatic rings. The van der Waals surface area contributed by atoms with Crippen LogP contribution in [0.4, 0.5) is 4.39 Å². The highest BCUT2D eigenvalue weighted by atomic mass is 35.5. The summed E-state index contributed by atoms with van der Waals surface area (Å²) in [5.74, 6) is -0.893. The Balaban J connectivity index is 1.55. The first-order chi connectivity index (χ1) is 15.5. The van der Waals surface area contributed by atoms with Crippen LogP contribution in [0.15, 0.2) is 51.7 Å². The molecule has 0 saturated carbocycles. The van der Waals surface area contributed by atoms with Crippen molar-refractivity contribution in [2.45, 2.75) is 12.5 Å². The molecule has 2 aromatic carbocycles. The number of halogens is 2. The number of carbonyl (C=O) groups excluding carboxylic acids is 1. The Kier molecular flexibility index (Phi) is 5.71. The van der Waals surface area contributed by atoms with E-state index in [4.69, 9.17) is 20.8 Å². The fourth-order valence-electron chi connectivity index (χ4n) is 4.53. The van der Waals surface area contributed by atoms with Crippen molar-refractivity contribution in [3.63, 3.8) is 0 Å². The maximum absolute atomic E-state index is 14.8. The van der Waals surface area contributed by atoms with Gasteiger partial charge in [-0.25, -0.2) is 4.39 Å². The average Bonchev–Trinajstić information content (AvgIpc) is 3.07. The summed E-state index contributed by atoms with van der Waals surface area (Å²) in [5.41, 5.74) is 0.371. The SMILES string of the molecule is O=C1c2oc3ccc(Cl)cc3c(=O)c2[C@H](c2ccccc2F)N1CCCN1CCOCC1. The van der Waals surface area contributed by atoms with Crippen molar-refractivity contribution in [2.24, 2.45) is 0 Å². The highest BCUT2D eigenvalue weighted by Crippen LogP contribution is 2.39. The van der Waals surface area contributed by atoms with Crippen LogP contribution in [-0.4, -0.2) is 55.1 Å². The molecule has 0 unspecified atom stereocenters. The highest BCUT2D eigenvalue weighted by Gasteiger charge is 2.43. The minimum absolute atomic E-state index is 0.0237. The predicted molar refractivity (Wildman–Crippen MR) is 119 cm³/mol. The molecule has 32 heavy (non-hydrogen) atoms. The quantitative estimate of drug-likeness (QED) is 0.583. The third kappa shape index (κ3) is 3.70. The normalized spacial score (nSPS) is 19.0. The van der Waals surface area contributed by atoms with Gasteiger partial charge in [0.05, 0.1) is 30.2 Å². The molecule has 5 rings (SSSR count). The van der Waals surface area contributed by atoms with Crippen molar-refractivity contribution in [1.29, 1.82) is 0 Å². The first-order valence-corrected chi connectivity index (χ1v) is 11.0. The van der Waals surface area contributed by atoms with Crippen molar-refractivity contribution < 1.29 is 18.3 Å². The molecular formula is C24H22ClFN2O4. The van der Waals surface area contributed by atoms with Gasteiger partial charge >= 0.3 is 0 Å². The number of benzene rings is 2. The molecule has 2 aliphatic heterocycles. The summed E-state index contributed by atoms with van der Waals surface area (Å²) in [6, 6.07) is 10.1. The second-order valence-electron chi connectivity index (χ2n) is 8.04. The van der Waals surface area contributed by atoms with Crippen LogP contribution in [0.5, 0.6) is 0 Å². The van der Waals surface area contributed by atoms with Crippen molar-refractivity contribution in [3.8, 4) is 0 Å². The first-order valence-electron chi connectivity index (χ1n) is 10.7. The highest BCUT2D eigenvalue weighted by molar-refractivity contribution is 6.31. The van der Waals surface area contributed by atoms with E-state index in [1.807, 2.05) is 0 Å². The van der Waals surface area contributed by atoms with E-state index >= 15 is 0 Å². The Bertz CT molecular complexity index is 1240. The molecule has 3 aromatic rings. The molecule has 6 nitrogen and oxygen atoms in total. The number of rotatable bonds is 5. The minimum Gasteiger partial charge on any atom is -0.450 e. The average molecular weight is 457 g/mol. The predicted octanol–water partition coefficient (Wildman–Crippen LogP) is 3.85. The van der Waals surface area contributed by atoms with Gasteiger partial charge in [-0.3, -0.25) is 14.5 Å². The van der Waals surface area contributed by atoms with E-state index in [2.05, 4.69) is 4.90 Å². The zero-order valence-electron chi connectivity index (χ0n) is 17.4. The largest absolute Gasteiger partial charge is 0.450 e. The van der Waals surface area contributed by atoms with Crippen LogP contribution in [0.2, 0.25) is 5.02 Å². The molecule has 1 aromatic heterocycles. The number of ether oxygens (including phenoxy) is 1. The Hall–Kier alpha value is -2.74. The molecule has 0 N–H and O–H groups in total. The second-order valence-corrected chi connectivity index (χ2v) is 8.48. The molecule has 3 heterocycles. The molecule has 1 fully saturated rings. The van der Waals surface area contributed by atoms with Gasteiger partial charge in [0.25, 0.3) is 5.91 Å². The Morgan fingerprint density at radius 2 is 1.84 bits per heavy atom. The summed E-state index contributed by atoms with van der Waals surface area (Å²) in [5, 5.41) is 0.666. The monoisotopic (exact) mass is 456 g/mol. The summed E-state index contributed by atoms with van der Waals surface area (Å²) in [7, 11) is 0. The maximum atomic E-state index is 14.8. The van der Waals surface area contributed by atoms with Crippen molar-refractivity contribution >= 4 is 28.5 Å². The smallest absolute Gasteiger partial charge is 0.290 e. The van der Waals surface area contributed by atoms with Gasteiger partial charge in [-0.15, -0.1) is 0 Å². The number of hydrogen-bond acceptors (Lipinski definition) is 5. The Morgan fingerprint density at radius 3 is 2.62 bits per heavy atom. The fraction of sp³-hybridized carbons (Fsp3) is 0.333. The zero-order chi connectivity index (χ0) is 22.2. The molecular weight excluding hydrogens is 435 g/mol. The number of morpholine rings is 1. The summed E-state index contributed by atoms with van der Waals surface area (Å²) in [4.78, 5) is 30.6. The molecule has 0 aliphatic carbocycles. The first kappa shape index (κ1) is 21.1. The van der Waals surface area contributed by atoms with E-state index in [-0.39, 0.29) is 33.3 Å². The second kappa shape index (κ2) is 8.65. The van der Waals surface area contributed by atoms with Crippen LogP contribution in [0.25, 0.3) is 11.0 Å². The van der Waals surface area contributed by atoms with E-state index in [1.165, 1.54) is 12.1 Å². The zero-order valence-corrected chi connectivity index (χ0v) is 18.1. The summed E-state index contributed by atoms with van der Waals surface area (Å²) in [6.45, 7) is 4.23. The van der Waals surface area contributed by atoms with Gasteiger partial charge in [-0.05, 0) is 30.7 Å². The van der Waals surface area contributed by atoms with Crippen molar-refractivity contribution in [1.82, 2.24) is 9.80 Å². The van der Waals surface area contributed by atoms with Gasteiger partial charge < -0.3 is 14.1 Å². The van der Waals surface area contributed by atoms with E-state index in [9.17, 15) is 14.0 Å². The minimum atomic E-state index is -0.844. The lowest BCUT2D eigenvalue weighted by molar-refractivity contribution is 0.0353. The van der Waals surface area contributed by atoms with Crippen LogP contribution < -0.4 is 5.43 Å². The Morgan fingerprint density at radius 1 is 1.06 bits per heavy atom. The number of carbonyl (C=O) groups is 1. The molecule has 166 valence electrons. The van der Waals surface area contributed by atoms with Gasteiger partial charge in [-0.1, -0.05) is 29.8 Å². The van der Waals surface area contributed by atoms with Gasteiger partial charge in [-0.2, -0.15) is 0 Å². The van der Waals surface area contributed by atoms with E-state index in [0.717, 1.165) is 19.6 Å². The number of fused-ring (bicyclic) bond motifs is 2. The van der Waals surface area contributed by atoms with E-state index in [0.29, 0.717) is 31.2 Å². The molecule has 1 saturated heterocycles. The maximum Gasteiger partial charge on any atom is 0.290 e. The molecule has 0 radical (unpaired) electrons. The third-order valence-electron chi connectivity index (χ3n) is 6.10. The van der Waals surface area contributed by atoms with Gasteiger partial charge in [0, 0.05) is 36.8 Å². The van der Waals surface area contributed by atoms with Gasteiger partial charge in [0.1, 0.15) is 11.4 Å². The molecule has 1 amide bonds. The number of hydrogen-bond donors (Lipinski definition) is 0. The van der Waals surface area contributed by atoms with Gasteiger partial charge in [0.15, 0.2) is 5.43 Å². The van der Waals surface area contributed by atoms with E-state index < -0.39 is 17.8 Å². The van der Waals surface area contributed by atoms with Crippen molar-refractivity contribution in [3.05, 3.63) is 80.4 Å². The Labute approximate surface area is 189 Å².